The normalized spacial score (nSPS) is 16.6. The molecule has 2 aromatic carbocycles. The van der Waals surface area contributed by atoms with Gasteiger partial charge in [-0.2, -0.15) is 0 Å². The highest BCUT2D eigenvalue weighted by Crippen LogP contribution is 2.32. The van der Waals surface area contributed by atoms with Gasteiger partial charge in [-0.15, -0.1) is 0 Å². The third-order valence-electron chi connectivity index (χ3n) is 5.41. The Hall–Kier alpha value is -3.06. The highest BCUT2D eigenvalue weighted by atomic mass is 16.5. The standard InChI is InChI=1S/C23H27N3O4/c1-17(27)18-3-6-20(7-4-18)26-11-9-25(10-12-26)16-23(28)24-19-5-8-21-22(15-19)30-14-2-13-29-21/h3-8,15H,2,9-14,16H2,1H3,(H,24,28). The number of nitrogens with one attached hydrogen (secondary N) is 1. The molecule has 0 spiro atoms. The summed E-state index contributed by atoms with van der Waals surface area (Å²) >= 11 is 0. The van der Waals surface area contributed by atoms with Crippen molar-refractivity contribution in [2.24, 2.45) is 0 Å². The number of fused-ring (bicyclic) bond motifs is 1. The van der Waals surface area contributed by atoms with Crippen molar-refractivity contribution in [1.82, 2.24) is 4.90 Å². The number of ketones is 1. The molecule has 158 valence electrons. The van der Waals surface area contributed by atoms with Crippen LogP contribution in [0.4, 0.5) is 11.4 Å². The van der Waals surface area contributed by atoms with Crippen molar-refractivity contribution >= 4 is 23.1 Å². The molecule has 4 rings (SSSR count). The van der Waals surface area contributed by atoms with Gasteiger partial charge in [0.15, 0.2) is 17.3 Å². The predicted octanol–water partition coefficient (Wildman–Crippen LogP) is 2.81. The number of Topliss-reactive ketones (excluding diaryl/α,β-unsaturated/α-hetero) is 1. The molecule has 0 atom stereocenters. The molecule has 7 heteroatoms. The number of rotatable bonds is 5. The van der Waals surface area contributed by atoms with E-state index in [0.29, 0.717) is 31.2 Å². The molecule has 0 bridgehead atoms. The number of carbonyl (C=O) groups is 2. The third kappa shape index (κ3) is 4.91. The third-order valence-corrected chi connectivity index (χ3v) is 5.41. The molecule has 1 fully saturated rings. The fraction of sp³-hybridized carbons (Fsp3) is 0.391. The van der Waals surface area contributed by atoms with E-state index in [-0.39, 0.29) is 11.7 Å². The van der Waals surface area contributed by atoms with Gasteiger partial charge >= 0.3 is 0 Å². The van der Waals surface area contributed by atoms with Crippen LogP contribution in [0.25, 0.3) is 0 Å². The second-order valence-corrected chi connectivity index (χ2v) is 7.63. The van der Waals surface area contributed by atoms with E-state index in [1.165, 1.54) is 0 Å². The number of hydrogen-bond donors (Lipinski definition) is 1. The van der Waals surface area contributed by atoms with Gasteiger partial charge in [0.25, 0.3) is 0 Å². The van der Waals surface area contributed by atoms with Crippen LogP contribution in [0.2, 0.25) is 0 Å². The zero-order chi connectivity index (χ0) is 20.9. The molecule has 1 saturated heterocycles. The van der Waals surface area contributed by atoms with Crippen LogP contribution in [0, 0.1) is 0 Å². The molecular formula is C23H27N3O4. The number of anilines is 2. The maximum absolute atomic E-state index is 12.5. The SMILES string of the molecule is CC(=O)c1ccc(N2CCN(CC(=O)Nc3ccc4c(c3)OCCCO4)CC2)cc1. The monoisotopic (exact) mass is 409 g/mol. The summed E-state index contributed by atoms with van der Waals surface area (Å²) < 4.78 is 11.3. The van der Waals surface area contributed by atoms with Crippen LogP contribution >= 0.6 is 0 Å². The zero-order valence-electron chi connectivity index (χ0n) is 17.2. The van der Waals surface area contributed by atoms with Crippen LogP contribution < -0.4 is 19.7 Å². The summed E-state index contributed by atoms with van der Waals surface area (Å²) in [6, 6.07) is 13.2. The Bertz CT molecular complexity index is 905. The molecule has 0 saturated carbocycles. The fourth-order valence-electron chi connectivity index (χ4n) is 3.72. The number of nitrogens with zero attached hydrogens (tertiary/aromatic N) is 2. The first kappa shape index (κ1) is 20.2. The molecule has 2 aliphatic rings. The molecule has 30 heavy (non-hydrogen) atoms. The molecule has 7 nitrogen and oxygen atoms in total. The number of piperazine rings is 1. The van der Waals surface area contributed by atoms with Gasteiger partial charge in [-0.05, 0) is 43.3 Å². The van der Waals surface area contributed by atoms with E-state index >= 15 is 0 Å². The van der Waals surface area contributed by atoms with Crippen LogP contribution in [-0.4, -0.2) is 62.5 Å². The minimum absolute atomic E-state index is 0.0382. The molecule has 2 aliphatic heterocycles. The molecule has 2 heterocycles. The number of carbonyl (C=O) groups excluding carboxylic acids is 2. The summed E-state index contributed by atoms with van der Waals surface area (Å²) in [6.07, 6.45) is 0.850. The fourth-order valence-corrected chi connectivity index (χ4v) is 3.72. The lowest BCUT2D eigenvalue weighted by molar-refractivity contribution is -0.117. The summed E-state index contributed by atoms with van der Waals surface area (Å²) in [7, 11) is 0. The Morgan fingerprint density at radius 1 is 0.933 bits per heavy atom. The van der Waals surface area contributed by atoms with Crippen molar-refractivity contribution in [2.75, 3.05) is 56.2 Å². The van der Waals surface area contributed by atoms with Crippen molar-refractivity contribution in [3.05, 3.63) is 48.0 Å². The molecule has 0 unspecified atom stereocenters. The second-order valence-electron chi connectivity index (χ2n) is 7.63. The van der Waals surface area contributed by atoms with Gasteiger partial charge in [0, 0.05) is 55.6 Å². The van der Waals surface area contributed by atoms with E-state index in [0.717, 1.165) is 49.6 Å². The van der Waals surface area contributed by atoms with Crippen molar-refractivity contribution in [3.63, 3.8) is 0 Å². The van der Waals surface area contributed by atoms with Crippen LogP contribution in [-0.2, 0) is 4.79 Å². The zero-order valence-corrected chi connectivity index (χ0v) is 17.2. The Labute approximate surface area is 176 Å². The van der Waals surface area contributed by atoms with Crippen molar-refractivity contribution in [3.8, 4) is 11.5 Å². The first-order chi connectivity index (χ1) is 14.6. The number of hydrogen-bond acceptors (Lipinski definition) is 6. The van der Waals surface area contributed by atoms with Crippen LogP contribution in [0.1, 0.15) is 23.7 Å². The first-order valence-electron chi connectivity index (χ1n) is 10.4. The average molecular weight is 409 g/mol. The van der Waals surface area contributed by atoms with Crippen molar-refractivity contribution in [2.45, 2.75) is 13.3 Å². The van der Waals surface area contributed by atoms with Crippen molar-refractivity contribution < 1.29 is 19.1 Å². The predicted molar refractivity (Wildman–Crippen MR) is 116 cm³/mol. The second kappa shape index (κ2) is 9.17. The largest absolute Gasteiger partial charge is 0.490 e. The van der Waals surface area contributed by atoms with Gasteiger partial charge in [0.1, 0.15) is 0 Å². The lowest BCUT2D eigenvalue weighted by Gasteiger charge is -2.35. The summed E-state index contributed by atoms with van der Waals surface area (Å²) in [6.45, 7) is 6.49. The lowest BCUT2D eigenvalue weighted by atomic mass is 10.1. The minimum atomic E-state index is -0.0382. The summed E-state index contributed by atoms with van der Waals surface area (Å²) in [5.41, 5.74) is 2.55. The van der Waals surface area contributed by atoms with Gasteiger partial charge in [-0.1, -0.05) is 0 Å². The Morgan fingerprint density at radius 2 is 1.63 bits per heavy atom. The molecule has 0 aliphatic carbocycles. The topological polar surface area (TPSA) is 71.1 Å². The molecule has 0 aromatic heterocycles. The Morgan fingerprint density at radius 3 is 2.33 bits per heavy atom. The number of ether oxygens (including phenoxy) is 2. The van der Waals surface area contributed by atoms with E-state index in [2.05, 4.69) is 15.1 Å². The van der Waals surface area contributed by atoms with E-state index in [1.807, 2.05) is 42.5 Å². The molecule has 2 aromatic rings. The van der Waals surface area contributed by atoms with Crippen molar-refractivity contribution in [1.29, 1.82) is 0 Å². The van der Waals surface area contributed by atoms with E-state index in [9.17, 15) is 9.59 Å². The highest BCUT2D eigenvalue weighted by Gasteiger charge is 2.20. The summed E-state index contributed by atoms with van der Waals surface area (Å²) in [5.74, 6) is 1.43. The quantitative estimate of drug-likeness (QED) is 0.766. The smallest absolute Gasteiger partial charge is 0.238 e. The number of benzene rings is 2. The maximum Gasteiger partial charge on any atom is 0.238 e. The summed E-state index contributed by atoms with van der Waals surface area (Å²) in [5, 5.41) is 2.96. The van der Waals surface area contributed by atoms with Gasteiger partial charge in [-0.25, -0.2) is 0 Å². The lowest BCUT2D eigenvalue weighted by Crippen LogP contribution is -2.48. The van der Waals surface area contributed by atoms with Gasteiger partial charge < -0.3 is 19.7 Å². The van der Waals surface area contributed by atoms with Gasteiger partial charge in [0.05, 0.1) is 19.8 Å². The maximum atomic E-state index is 12.5. The van der Waals surface area contributed by atoms with Gasteiger partial charge in [-0.3, -0.25) is 14.5 Å². The van der Waals surface area contributed by atoms with Gasteiger partial charge in [0.2, 0.25) is 5.91 Å². The Balaban J connectivity index is 1.27. The van der Waals surface area contributed by atoms with Crippen LogP contribution in [0.5, 0.6) is 11.5 Å². The molecule has 0 radical (unpaired) electrons. The number of amides is 1. The van der Waals surface area contributed by atoms with E-state index < -0.39 is 0 Å². The van der Waals surface area contributed by atoms with E-state index in [1.54, 1.807) is 6.92 Å². The van der Waals surface area contributed by atoms with Crippen LogP contribution in [0.15, 0.2) is 42.5 Å². The average Bonchev–Trinajstić information content (AvgIpc) is 2.99. The minimum Gasteiger partial charge on any atom is -0.490 e. The first-order valence-corrected chi connectivity index (χ1v) is 10.4. The van der Waals surface area contributed by atoms with Crippen LogP contribution in [0.3, 0.4) is 0 Å². The highest BCUT2D eigenvalue weighted by molar-refractivity contribution is 5.94. The summed E-state index contributed by atoms with van der Waals surface area (Å²) in [4.78, 5) is 28.4. The molecule has 1 N–H and O–H groups in total. The Kier molecular flexibility index (Phi) is 6.18. The van der Waals surface area contributed by atoms with E-state index in [4.69, 9.17) is 9.47 Å². The molecule has 1 amide bonds. The molecular weight excluding hydrogens is 382 g/mol.